The van der Waals surface area contributed by atoms with E-state index in [4.69, 9.17) is 15.0 Å². The van der Waals surface area contributed by atoms with Gasteiger partial charge in [-0.2, -0.15) is 0 Å². The minimum absolute atomic E-state index is 0.361. The average Bonchev–Trinajstić information content (AvgIpc) is 2.18. The van der Waals surface area contributed by atoms with E-state index >= 15 is 0 Å². The Balaban J connectivity index is 3.12. The monoisotopic (exact) mass is 180 g/mol. The minimum atomic E-state index is 0.361. The SMILES string of the molecule is COc1cc(N=[N+]=[N-])cnc1OC. The molecule has 1 aromatic heterocycles. The van der Waals surface area contributed by atoms with Gasteiger partial charge < -0.3 is 9.47 Å². The highest BCUT2D eigenvalue weighted by Crippen LogP contribution is 2.27. The van der Waals surface area contributed by atoms with E-state index in [0.717, 1.165) is 0 Å². The Morgan fingerprint density at radius 2 is 2.23 bits per heavy atom. The van der Waals surface area contributed by atoms with Crippen LogP contribution < -0.4 is 9.47 Å². The molecule has 0 bridgehead atoms. The van der Waals surface area contributed by atoms with Gasteiger partial charge in [-0.25, -0.2) is 4.98 Å². The van der Waals surface area contributed by atoms with Gasteiger partial charge in [0.15, 0.2) is 5.75 Å². The van der Waals surface area contributed by atoms with E-state index in [1.165, 1.54) is 20.4 Å². The van der Waals surface area contributed by atoms with Gasteiger partial charge in [0.1, 0.15) is 0 Å². The third-order valence-corrected chi connectivity index (χ3v) is 1.38. The molecule has 6 heteroatoms. The molecule has 0 N–H and O–H groups in total. The molecule has 1 rings (SSSR count). The second-order valence-electron chi connectivity index (χ2n) is 2.09. The molecule has 13 heavy (non-hydrogen) atoms. The highest BCUT2D eigenvalue weighted by molar-refractivity contribution is 5.46. The van der Waals surface area contributed by atoms with Crippen LogP contribution in [0.1, 0.15) is 0 Å². The Bertz CT molecular complexity index is 346. The first-order valence-corrected chi connectivity index (χ1v) is 3.45. The Hall–Kier alpha value is -1.94. The molecule has 0 unspecified atom stereocenters. The summed E-state index contributed by atoms with van der Waals surface area (Å²) in [5, 5.41) is 3.37. The summed E-state index contributed by atoms with van der Waals surface area (Å²) >= 11 is 0. The lowest BCUT2D eigenvalue weighted by Crippen LogP contribution is -1.92. The van der Waals surface area contributed by atoms with Crippen molar-refractivity contribution < 1.29 is 9.47 Å². The molecule has 0 aliphatic heterocycles. The molecule has 0 aliphatic carbocycles. The molecule has 0 atom stereocenters. The van der Waals surface area contributed by atoms with Gasteiger partial charge in [-0.15, -0.1) is 0 Å². The number of nitrogens with zero attached hydrogens (tertiary/aromatic N) is 4. The topological polar surface area (TPSA) is 80.1 Å². The van der Waals surface area contributed by atoms with Gasteiger partial charge in [-0.05, 0) is 11.6 Å². The van der Waals surface area contributed by atoms with Gasteiger partial charge in [0.25, 0.3) is 5.88 Å². The van der Waals surface area contributed by atoms with Crippen LogP contribution in [0.3, 0.4) is 0 Å². The number of hydrogen-bond acceptors (Lipinski definition) is 4. The number of azide groups is 1. The number of methoxy groups -OCH3 is 2. The lowest BCUT2D eigenvalue weighted by atomic mass is 10.4. The van der Waals surface area contributed by atoms with Crippen molar-refractivity contribution in [3.63, 3.8) is 0 Å². The molecule has 0 radical (unpaired) electrons. The Kier molecular flexibility index (Phi) is 2.94. The molecule has 0 spiro atoms. The van der Waals surface area contributed by atoms with Crippen molar-refractivity contribution in [2.75, 3.05) is 14.2 Å². The number of rotatable bonds is 3. The summed E-state index contributed by atoms with van der Waals surface area (Å²) in [6.07, 6.45) is 1.40. The van der Waals surface area contributed by atoms with Crippen LogP contribution in [0, 0.1) is 0 Å². The summed E-state index contributed by atoms with van der Waals surface area (Å²) in [6.45, 7) is 0. The predicted octanol–water partition coefficient (Wildman–Crippen LogP) is 2.04. The summed E-state index contributed by atoms with van der Waals surface area (Å²) < 4.78 is 9.85. The molecule has 6 nitrogen and oxygen atoms in total. The van der Waals surface area contributed by atoms with E-state index in [1.807, 2.05) is 0 Å². The number of hydrogen-bond donors (Lipinski definition) is 0. The number of pyridine rings is 1. The smallest absolute Gasteiger partial charge is 0.256 e. The highest BCUT2D eigenvalue weighted by Gasteiger charge is 2.04. The number of aromatic nitrogens is 1. The number of ether oxygens (including phenoxy) is 2. The van der Waals surface area contributed by atoms with E-state index in [2.05, 4.69) is 15.0 Å². The van der Waals surface area contributed by atoms with Crippen LogP contribution in [0.2, 0.25) is 0 Å². The Morgan fingerprint density at radius 3 is 2.77 bits per heavy atom. The third kappa shape index (κ3) is 2.00. The average molecular weight is 180 g/mol. The zero-order valence-electron chi connectivity index (χ0n) is 7.26. The molecule has 68 valence electrons. The van der Waals surface area contributed by atoms with Crippen LogP contribution in [0.4, 0.5) is 5.69 Å². The maximum atomic E-state index is 8.17. The fourth-order valence-corrected chi connectivity index (χ4v) is 0.828. The predicted molar refractivity (Wildman–Crippen MR) is 46.1 cm³/mol. The van der Waals surface area contributed by atoms with Gasteiger partial charge in [-0.3, -0.25) is 0 Å². The van der Waals surface area contributed by atoms with Crippen LogP contribution in [-0.2, 0) is 0 Å². The fourth-order valence-electron chi connectivity index (χ4n) is 0.828. The van der Waals surface area contributed by atoms with E-state index in [-0.39, 0.29) is 0 Å². The molecule has 0 saturated carbocycles. The van der Waals surface area contributed by atoms with Gasteiger partial charge >= 0.3 is 0 Å². The molecule has 0 saturated heterocycles. The summed E-state index contributed by atoms with van der Waals surface area (Å²) in [6, 6.07) is 1.55. The van der Waals surface area contributed by atoms with Crippen LogP contribution in [0.15, 0.2) is 17.4 Å². The zero-order chi connectivity index (χ0) is 9.68. The summed E-state index contributed by atoms with van der Waals surface area (Å²) in [5.74, 6) is 0.798. The first-order valence-electron chi connectivity index (χ1n) is 3.45. The first-order chi connectivity index (χ1) is 6.31. The molecule has 1 aromatic rings. The van der Waals surface area contributed by atoms with Gasteiger partial charge in [0.2, 0.25) is 0 Å². The largest absolute Gasteiger partial charge is 0.491 e. The molecular formula is C7H8N4O2. The summed E-state index contributed by atoms with van der Waals surface area (Å²) in [7, 11) is 2.97. The summed E-state index contributed by atoms with van der Waals surface area (Å²) in [4.78, 5) is 6.50. The normalized spacial score (nSPS) is 8.77. The molecule has 0 fully saturated rings. The van der Waals surface area contributed by atoms with E-state index < -0.39 is 0 Å². The van der Waals surface area contributed by atoms with E-state index in [9.17, 15) is 0 Å². The van der Waals surface area contributed by atoms with Crippen molar-refractivity contribution >= 4 is 5.69 Å². The first kappa shape index (κ1) is 9.15. The molecule has 0 amide bonds. The van der Waals surface area contributed by atoms with Crippen LogP contribution >= 0.6 is 0 Å². The second kappa shape index (κ2) is 4.18. The Labute approximate surface area is 74.7 Å². The molecule has 0 aromatic carbocycles. The van der Waals surface area contributed by atoms with Crippen molar-refractivity contribution in [2.45, 2.75) is 0 Å². The second-order valence-corrected chi connectivity index (χ2v) is 2.09. The van der Waals surface area contributed by atoms with Gasteiger partial charge in [0.05, 0.1) is 19.9 Å². The van der Waals surface area contributed by atoms with Crippen molar-refractivity contribution in [2.24, 2.45) is 5.11 Å². The van der Waals surface area contributed by atoms with E-state index in [0.29, 0.717) is 17.3 Å². The zero-order valence-corrected chi connectivity index (χ0v) is 7.26. The summed E-state index contributed by atoms with van der Waals surface area (Å²) in [5.41, 5.74) is 8.56. The maximum absolute atomic E-state index is 8.17. The van der Waals surface area contributed by atoms with Crippen molar-refractivity contribution in [1.82, 2.24) is 4.98 Å². The molecule has 0 aliphatic rings. The van der Waals surface area contributed by atoms with Crippen molar-refractivity contribution in [1.29, 1.82) is 0 Å². The maximum Gasteiger partial charge on any atom is 0.256 e. The highest BCUT2D eigenvalue weighted by atomic mass is 16.5. The lowest BCUT2D eigenvalue weighted by molar-refractivity contribution is 0.343. The van der Waals surface area contributed by atoms with Crippen molar-refractivity contribution in [3.8, 4) is 11.6 Å². The standard InChI is InChI=1S/C7H8N4O2/c1-12-6-3-5(10-11-8)4-9-7(6)13-2/h3-4H,1-2H3. The molecule has 1 heterocycles. The fraction of sp³-hybridized carbons (Fsp3) is 0.286. The van der Waals surface area contributed by atoms with Gasteiger partial charge in [-0.1, -0.05) is 5.11 Å². The van der Waals surface area contributed by atoms with Gasteiger partial charge in [0, 0.05) is 11.1 Å². The third-order valence-electron chi connectivity index (χ3n) is 1.38. The minimum Gasteiger partial charge on any atom is -0.491 e. The molecular weight excluding hydrogens is 172 g/mol. The Morgan fingerprint density at radius 1 is 1.46 bits per heavy atom. The van der Waals surface area contributed by atoms with Crippen LogP contribution in [-0.4, -0.2) is 19.2 Å². The van der Waals surface area contributed by atoms with Crippen molar-refractivity contribution in [3.05, 3.63) is 22.7 Å². The quantitative estimate of drug-likeness (QED) is 0.405. The van der Waals surface area contributed by atoms with Crippen LogP contribution in [0.25, 0.3) is 10.4 Å². The lowest BCUT2D eigenvalue weighted by Gasteiger charge is -2.05. The van der Waals surface area contributed by atoms with E-state index in [1.54, 1.807) is 6.07 Å². The van der Waals surface area contributed by atoms with Crippen LogP contribution in [0.5, 0.6) is 11.6 Å².